The third-order valence-corrected chi connectivity index (χ3v) is 13.8. The average Bonchev–Trinajstić information content (AvgIpc) is 3.65. The number of hydrogen-bond acceptors (Lipinski definition) is 8. The fourth-order valence-electron chi connectivity index (χ4n) is 8.03. The second-order valence-corrected chi connectivity index (χ2v) is 22.3. The first-order chi connectivity index (χ1) is 42.8. The highest BCUT2D eigenvalue weighted by Crippen LogP contribution is 2.43. The highest BCUT2D eigenvalue weighted by atomic mass is 31.2. The van der Waals surface area contributed by atoms with Gasteiger partial charge in [-0.15, -0.1) is 0 Å². The van der Waals surface area contributed by atoms with Crippen LogP contribution in [0.2, 0.25) is 0 Å². The normalized spacial score (nSPS) is 14.4. The maximum absolute atomic E-state index is 12.7. The molecule has 10 heteroatoms. The van der Waals surface area contributed by atoms with E-state index in [4.69, 9.17) is 24.3 Å². The predicted molar refractivity (Wildman–Crippen MR) is 375 cm³/mol. The second kappa shape index (κ2) is 69.4. The molecule has 0 fully saturated rings. The van der Waals surface area contributed by atoms with Gasteiger partial charge in [0.05, 0.1) is 13.2 Å². The summed E-state index contributed by atoms with van der Waals surface area (Å²) in [5.41, 5.74) is 5.39. The number of unbranched alkanes of at least 4 members (excludes halogenated alkanes) is 10. The highest BCUT2D eigenvalue weighted by molar-refractivity contribution is 7.47. The standard InChI is InChI=1S/C77H118NO8P/c1-3-5-7-9-11-13-15-17-19-21-23-25-27-29-31-33-34-35-36-37-38-39-40-42-44-46-48-50-52-54-56-58-60-62-64-66-68-70-77(80)86-75(74-85-87(81,82)84-72-71-78)73-83-76(79)69-67-65-63-61-59-57-55-53-51-49-47-45-43-41-32-30-28-26-24-22-20-18-16-14-12-10-8-6-4-2/h5-8,11-14,17-20,23-26,29-32,34-35,37-38,40,42-43,45-46,48-49,51-52,54,58,60,75H,3-4,9-10,15-16,21-22,27-28,33,36,39,41,44,47,50,53,55-57,59,61-74,78H2,1-2H3,(H,81,82)/b7-5-,8-6-,13-11-,14-12-,19-17-,20-18-,25-23-,26-24-,31-29-,32-30-,35-34-,38-37-,42-40-,45-43-,48-46-,51-49-,54-52-,60-58-. The van der Waals surface area contributed by atoms with Gasteiger partial charge in [-0.2, -0.15) is 0 Å². The van der Waals surface area contributed by atoms with Crippen LogP contribution in [0.25, 0.3) is 0 Å². The van der Waals surface area contributed by atoms with E-state index >= 15 is 0 Å². The molecule has 0 bridgehead atoms. The Bertz CT molecular complexity index is 2220. The van der Waals surface area contributed by atoms with Crippen molar-refractivity contribution in [1.29, 1.82) is 0 Å². The number of esters is 2. The van der Waals surface area contributed by atoms with Gasteiger partial charge in [0.2, 0.25) is 0 Å². The fraction of sp³-hybridized carbons (Fsp3) is 0.506. The summed E-state index contributed by atoms with van der Waals surface area (Å²) in [6, 6.07) is 0. The first-order valence-electron chi connectivity index (χ1n) is 33.2. The van der Waals surface area contributed by atoms with Gasteiger partial charge in [-0.25, -0.2) is 4.57 Å². The molecule has 87 heavy (non-hydrogen) atoms. The van der Waals surface area contributed by atoms with Crippen molar-refractivity contribution in [2.75, 3.05) is 26.4 Å². The molecule has 0 aliphatic heterocycles. The lowest BCUT2D eigenvalue weighted by molar-refractivity contribution is -0.161. The maximum atomic E-state index is 12.7. The Labute approximate surface area is 531 Å². The Balaban J connectivity index is 4.12. The molecule has 0 spiro atoms. The van der Waals surface area contributed by atoms with Crippen molar-refractivity contribution in [3.63, 3.8) is 0 Å². The zero-order valence-electron chi connectivity index (χ0n) is 54.1. The van der Waals surface area contributed by atoms with Crippen molar-refractivity contribution in [1.82, 2.24) is 0 Å². The molecule has 484 valence electrons. The van der Waals surface area contributed by atoms with Crippen LogP contribution in [0.15, 0.2) is 219 Å². The van der Waals surface area contributed by atoms with Crippen LogP contribution in [0.5, 0.6) is 0 Å². The van der Waals surface area contributed by atoms with Crippen molar-refractivity contribution in [3.05, 3.63) is 219 Å². The summed E-state index contributed by atoms with van der Waals surface area (Å²) >= 11 is 0. The lowest BCUT2D eigenvalue weighted by atomic mass is 10.1. The van der Waals surface area contributed by atoms with E-state index in [-0.39, 0.29) is 32.6 Å². The third kappa shape index (κ3) is 69.3. The minimum absolute atomic E-state index is 0.0331. The van der Waals surface area contributed by atoms with Gasteiger partial charge in [0.15, 0.2) is 6.10 Å². The lowest BCUT2D eigenvalue weighted by Gasteiger charge is -2.19. The molecule has 3 N–H and O–H groups in total. The van der Waals surface area contributed by atoms with E-state index in [1.807, 2.05) is 0 Å². The van der Waals surface area contributed by atoms with Gasteiger partial charge >= 0.3 is 19.8 Å². The molecule has 0 radical (unpaired) electrons. The molecule has 0 aromatic heterocycles. The molecule has 0 aromatic rings. The van der Waals surface area contributed by atoms with Crippen molar-refractivity contribution in [2.45, 2.75) is 225 Å². The summed E-state index contributed by atoms with van der Waals surface area (Å²) < 4.78 is 33.1. The molecule has 0 heterocycles. The van der Waals surface area contributed by atoms with E-state index in [2.05, 4.69) is 233 Å². The topological polar surface area (TPSA) is 134 Å². The monoisotopic (exact) mass is 1220 g/mol. The zero-order chi connectivity index (χ0) is 63.0. The van der Waals surface area contributed by atoms with Gasteiger partial charge in [-0.05, 0) is 154 Å². The number of allylic oxidation sites excluding steroid dienone is 36. The number of hydrogen-bond donors (Lipinski definition) is 2. The Morgan fingerprint density at radius 3 is 0.897 bits per heavy atom. The summed E-state index contributed by atoms with van der Waals surface area (Å²) in [4.78, 5) is 35.3. The summed E-state index contributed by atoms with van der Waals surface area (Å²) in [5.74, 6) is -0.899. The molecule has 2 atom stereocenters. The van der Waals surface area contributed by atoms with Gasteiger partial charge in [0.1, 0.15) is 6.61 Å². The van der Waals surface area contributed by atoms with Crippen molar-refractivity contribution < 1.29 is 37.6 Å². The van der Waals surface area contributed by atoms with Crippen LogP contribution in [0, 0.1) is 0 Å². The van der Waals surface area contributed by atoms with E-state index in [1.165, 1.54) is 19.3 Å². The quantitative estimate of drug-likeness (QED) is 0.0264. The van der Waals surface area contributed by atoms with Crippen LogP contribution in [0.4, 0.5) is 0 Å². The number of phosphoric acid groups is 1. The Morgan fingerprint density at radius 1 is 0.345 bits per heavy atom. The zero-order valence-corrected chi connectivity index (χ0v) is 55.0. The summed E-state index contributed by atoms with van der Waals surface area (Å²) in [7, 11) is -4.42. The van der Waals surface area contributed by atoms with Crippen LogP contribution in [-0.2, 0) is 32.7 Å². The van der Waals surface area contributed by atoms with E-state index < -0.39 is 32.5 Å². The van der Waals surface area contributed by atoms with E-state index in [9.17, 15) is 19.0 Å². The van der Waals surface area contributed by atoms with Crippen molar-refractivity contribution >= 4 is 19.8 Å². The molecule has 0 aliphatic carbocycles. The largest absolute Gasteiger partial charge is 0.472 e. The number of phosphoric ester groups is 1. The smallest absolute Gasteiger partial charge is 0.462 e. The molecule has 0 rings (SSSR count). The number of ether oxygens (including phenoxy) is 2. The van der Waals surface area contributed by atoms with E-state index in [0.717, 1.165) is 161 Å². The molecular formula is C77H118NO8P. The molecule has 0 amide bonds. The lowest BCUT2D eigenvalue weighted by Crippen LogP contribution is -2.29. The third-order valence-electron chi connectivity index (χ3n) is 12.9. The molecule has 9 nitrogen and oxygen atoms in total. The first-order valence-corrected chi connectivity index (χ1v) is 34.7. The minimum Gasteiger partial charge on any atom is -0.462 e. The van der Waals surface area contributed by atoms with Crippen LogP contribution in [0.3, 0.4) is 0 Å². The predicted octanol–water partition coefficient (Wildman–Crippen LogP) is 22.1. The molecule has 0 aromatic carbocycles. The van der Waals surface area contributed by atoms with Gasteiger partial charge < -0.3 is 20.1 Å². The van der Waals surface area contributed by atoms with Gasteiger partial charge in [0, 0.05) is 19.4 Å². The van der Waals surface area contributed by atoms with Gasteiger partial charge in [-0.3, -0.25) is 18.6 Å². The number of nitrogens with two attached hydrogens (primary N) is 1. The fourth-order valence-corrected chi connectivity index (χ4v) is 8.80. The van der Waals surface area contributed by atoms with Crippen LogP contribution >= 0.6 is 7.82 Å². The van der Waals surface area contributed by atoms with Crippen LogP contribution in [0.1, 0.15) is 219 Å². The van der Waals surface area contributed by atoms with Crippen molar-refractivity contribution in [3.8, 4) is 0 Å². The first kappa shape index (κ1) is 81.3. The molecule has 0 aliphatic rings. The Kier molecular flexibility index (Phi) is 64.9. The SMILES string of the molecule is CC/C=C\C/C=C\C/C=C\C/C=C\C/C=C\C/C=C\C/C=C\C/C=C\C/C=C\C/C=C\C/C=C\CCCCCC(=O)OC(COC(=O)CCCCCCCCC/C=C\C/C=C\C/C=C\C/C=C\C/C=C\C/C=C\C/C=C\CC)COP(=O)(O)OCCN. The number of rotatable bonds is 59. The molecular weight excluding hydrogens is 1100 g/mol. The highest BCUT2D eigenvalue weighted by Gasteiger charge is 2.26. The van der Waals surface area contributed by atoms with Gasteiger partial charge in [-0.1, -0.05) is 271 Å². The van der Waals surface area contributed by atoms with E-state index in [0.29, 0.717) is 12.8 Å². The Morgan fingerprint density at radius 2 is 0.598 bits per heavy atom. The molecule has 0 saturated carbocycles. The molecule has 2 unspecified atom stereocenters. The van der Waals surface area contributed by atoms with E-state index in [1.54, 1.807) is 0 Å². The Hall–Kier alpha value is -5.67. The summed E-state index contributed by atoms with van der Waals surface area (Å²) in [6.45, 7) is 3.43. The minimum atomic E-state index is -4.42. The number of carbonyl (C=O) groups excluding carboxylic acids is 2. The van der Waals surface area contributed by atoms with Gasteiger partial charge in [0.25, 0.3) is 0 Å². The van der Waals surface area contributed by atoms with Crippen molar-refractivity contribution in [2.24, 2.45) is 5.73 Å². The van der Waals surface area contributed by atoms with Crippen LogP contribution < -0.4 is 5.73 Å². The maximum Gasteiger partial charge on any atom is 0.472 e. The summed E-state index contributed by atoms with van der Waals surface area (Å²) in [6.07, 6.45) is 109. The molecule has 0 saturated heterocycles. The second-order valence-electron chi connectivity index (χ2n) is 20.9. The number of carbonyl (C=O) groups is 2. The summed E-state index contributed by atoms with van der Waals surface area (Å²) in [5, 5.41) is 0. The average molecular weight is 1220 g/mol. The van der Waals surface area contributed by atoms with Crippen LogP contribution in [-0.4, -0.2) is 49.3 Å².